The van der Waals surface area contributed by atoms with Crippen molar-refractivity contribution in [1.82, 2.24) is 0 Å². The third-order valence-electron chi connectivity index (χ3n) is 2.80. The van der Waals surface area contributed by atoms with Gasteiger partial charge in [0.25, 0.3) is 0 Å². The molecule has 0 unspecified atom stereocenters. The first-order valence-corrected chi connectivity index (χ1v) is 4.93. The zero-order valence-electron chi connectivity index (χ0n) is 7.55. The third-order valence-corrected chi connectivity index (χ3v) is 2.80. The summed E-state index contributed by atoms with van der Waals surface area (Å²) in [6, 6.07) is 0. The Kier molecular flexibility index (Phi) is 3.92. The van der Waals surface area contributed by atoms with Crippen molar-refractivity contribution in [2.24, 2.45) is 11.8 Å². The molecule has 1 aliphatic rings. The van der Waals surface area contributed by atoms with Gasteiger partial charge in [-0.3, -0.25) is 0 Å². The number of aliphatic hydroxyl groups excluding tert-OH is 1. The van der Waals surface area contributed by atoms with Gasteiger partial charge in [-0.2, -0.15) is 0 Å². The molecule has 1 nitrogen and oxygen atoms in total. The van der Waals surface area contributed by atoms with Gasteiger partial charge >= 0.3 is 0 Å². The third kappa shape index (κ3) is 3.24. The van der Waals surface area contributed by atoms with Crippen LogP contribution >= 0.6 is 0 Å². The summed E-state index contributed by atoms with van der Waals surface area (Å²) in [6.45, 7) is 2.72. The summed E-state index contributed by atoms with van der Waals surface area (Å²) in [4.78, 5) is 0. The van der Waals surface area contributed by atoms with Gasteiger partial charge in [0.05, 0.1) is 0 Å². The second kappa shape index (κ2) is 4.76. The summed E-state index contributed by atoms with van der Waals surface area (Å²) in [7, 11) is 0. The van der Waals surface area contributed by atoms with Crippen molar-refractivity contribution in [2.75, 3.05) is 6.61 Å². The van der Waals surface area contributed by atoms with Crippen LogP contribution in [0.1, 0.15) is 45.4 Å². The van der Waals surface area contributed by atoms with E-state index in [1.807, 2.05) is 0 Å². The number of rotatable bonds is 1. The van der Waals surface area contributed by atoms with Crippen molar-refractivity contribution in [3.63, 3.8) is 0 Å². The summed E-state index contributed by atoms with van der Waals surface area (Å²) in [6.07, 6.45) is 7.98. The quantitative estimate of drug-likeness (QED) is 0.618. The van der Waals surface area contributed by atoms with Crippen molar-refractivity contribution in [3.8, 4) is 0 Å². The Labute approximate surface area is 69.8 Å². The molecule has 2 atom stereocenters. The smallest absolute Gasteiger partial charge is 0.0459 e. The van der Waals surface area contributed by atoms with Gasteiger partial charge in [0.15, 0.2) is 0 Å². The van der Waals surface area contributed by atoms with Crippen molar-refractivity contribution in [1.29, 1.82) is 0 Å². The van der Waals surface area contributed by atoms with Crippen LogP contribution < -0.4 is 0 Å². The molecule has 66 valence electrons. The molecule has 11 heavy (non-hydrogen) atoms. The minimum Gasteiger partial charge on any atom is -0.396 e. The first-order chi connectivity index (χ1) is 5.33. The maximum Gasteiger partial charge on any atom is 0.0459 e. The van der Waals surface area contributed by atoms with Crippen LogP contribution in [0.5, 0.6) is 0 Å². The fourth-order valence-corrected chi connectivity index (χ4v) is 2.07. The number of aliphatic hydroxyl groups is 1. The lowest BCUT2D eigenvalue weighted by atomic mass is 9.86. The van der Waals surface area contributed by atoms with Gasteiger partial charge in [-0.1, -0.05) is 32.6 Å². The molecule has 1 rings (SSSR count). The Balaban J connectivity index is 2.29. The highest BCUT2D eigenvalue weighted by Gasteiger charge is 2.14. The van der Waals surface area contributed by atoms with E-state index < -0.39 is 0 Å². The van der Waals surface area contributed by atoms with Crippen molar-refractivity contribution >= 4 is 0 Å². The maximum absolute atomic E-state index is 9.03. The molecule has 0 saturated heterocycles. The van der Waals surface area contributed by atoms with Crippen LogP contribution in [0.15, 0.2) is 0 Å². The molecule has 1 N–H and O–H groups in total. The molecule has 0 heterocycles. The van der Waals surface area contributed by atoms with Crippen LogP contribution in [-0.2, 0) is 0 Å². The highest BCUT2D eigenvalue weighted by atomic mass is 16.3. The fourth-order valence-electron chi connectivity index (χ4n) is 2.07. The molecule has 1 aliphatic carbocycles. The van der Waals surface area contributed by atoms with E-state index in [9.17, 15) is 0 Å². The van der Waals surface area contributed by atoms with Gasteiger partial charge in [-0.25, -0.2) is 0 Å². The maximum atomic E-state index is 9.03. The summed E-state index contributed by atoms with van der Waals surface area (Å²) in [5.41, 5.74) is 0. The average molecular weight is 156 g/mol. The van der Waals surface area contributed by atoms with Crippen LogP contribution in [0, 0.1) is 11.8 Å². The fraction of sp³-hybridized carbons (Fsp3) is 1.00. The molecule has 1 heteroatoms. The Morgan fingerprint density at radius 1 is 1.18 bits per heavy atom. The van der Waals surface area contributed by atoms with Crippen LogP contribution in [-0.4, -0.2) is 11.7 Å². The normalized spacial score (nSPS) is 34.4. The minimum absolute atomic E-state index is 0.407. The predicted octanol–water partition coefficient (Wildman–Crippen LogP) is 2.59. The molecule has 0 aromatic carbocycles. The van der Waals surface area contributed by atoms with Crippen LogP contribution in [0.3, 0.4) is 0 Å². The van der Waals surface area contributed by atoms with Gasteiger partial charge in [0, 0.05) is 6.61 Å². The molecule has 0 bridgehead atoms. The Hall–Kier alpha value is -0.0400. The van der Waals surface area contributed by atoms with Gasteiger partial charge in [0.1, 0.15) is 0 Å². The molecule has 0 aromatic heterocycles. The summed E-state index contributed by atoms with van der Waals surface area (Å²) in [5.74, 6) is 1.44. The van der Waals surface area contributed by atoms with E-state index >= 15 is 0 Å². The summed E-state index contributed by atoms with van der Waals surface area (Å²) < 4.78 is 0. The molecule has 0 radical (unpaired) electrons. The lowest BCUT2D eigenvalue weighted by molar-refractivity contribution is 0.181. The molecule has 0 aliphatic heterocycles. The molecule has 1 fully saturated rings. The Morgan fingerprint density at radius 2 is 1.91 bits per heavy atom. The molecule has 1 saturated carbocycles. The van der Waals surface area contributed by atoms with Gasteiger partial charge < -0.3 is 5.11 Å². The zero-order valence-corrected chi connectivity index (χ0v) is 7.55. The summed E-state index contributed by atoms with van der Waals surface area (Å²) in [5, 5.41) is 9.03. The highest BCUT2D eigenvalue weighted by Crippen LogP contribution is 2.25. The van der Waals surface area contributed by atoms with Crippen molar-refractivity contribution in [2.45, 2.75) is 45.4 Å². The predicted molar refractivity (Wildman–Crippen MR) is 47.4 cm³/mol. The van der Waals surface area contributed by atoms with E-state index in [2.05, 4.69) is 6.92 Å². The minimum atomic E-state index is 0.407. The van der Waals surface area contributed by atoms with E-state index in [1.165, 1.54) is 38.5 Å². The second-order valence-corrected chi connectivity index (χ2v) is 4.03. The summed E-state index contributed by atoms with van der Waals surface area (Å²) >= 11 is 0. The Bertz CT molecular complexity index is 101. The number of hydrogen-bond donors (Lipinski definition) is 1. The second-order valence-electron chi connectivity index (χ2n) is 4.03. The van der Waals surface area contributed by atoms with E-state index in [0.29, 0.717) is 12.5 Å². The monoisotopic (exact) mass is 156 g/mol. The first kappa shape index (κ1) is 9.05. The molecule has 0 aromatic rings. The standard InChI is InChI=1S/C10H20O/c1-9-5-3-2-4-6-10(7-9)8-11/h9-11H,2-8H2,1H3/t9-,10+/m0/s1. The lowest BCUT2D eigenvalue weighted by Crippen LogP contribution is -2.13. The van der Waals surface area contributed by atoms with E-state index in [1.54, 1.807) is 0 Å². The SMILES string of the molecule is C[C@H]1CCCCC[C@@H](CO)C1. The van der Waals surface area contributed by atoms with Crippen LogP contribution in [0.4, 0.5) is 0 Å². The van der Waals surface area contributed by atoms with Gasteiger partial charge in [-0.05, 0) is 24.7 Å². The van der Waals surface area contributed by atoms with Gasteiger partial charge in [-0.15, -0.1) is 0 Å². The molecular formula is C10H20O. The van der Waals surface area contributed by atoms with Crippen LogP contribution in [0.25, 0.3) is 0 Å². The largest absolute Gasteiger partial charge is 0.396 e. The van der Waals surface area contributed by atoms with Crippen molar-refractivity contribution < 1.29 is 5.11 Å². The molecule has 0 spiro atoms. The van der Waals surface area contributed by atoms with Gasteiger partial charge in [0.2, 0.25) is 0 Å². The first-order valence-electron chi connectivity index (χ1n) is 4.93. The Morgan fingerprint density at radius 3 is 2.64 bits per heavy atom. The van der Waals surface area contributed by atoms with Crippen LogP contribution in [0.2, 0.25) is 0 Å². The number of hydrogen-bond acceptors (Lipinski definition) is 1. The highest BCUT2D eigenvalue weighted by molar-refractivity contribution is 4.66. The molecular weight excluding hydrogens is 136 g/mol. The van der Waals surface area contributed by atoms with Crippen molar-refractivity contribution in [3.05, 3.63) is 0 Å². The van der Waals surface area contributed by atoms with E-state index in [0.717, 1.165) is 5.92 Å². The average Bonchev–Trinajstić information content (AvgIpc) is 1.96. The van der Waals surface area contributed by atoms with E-state index in [4.69, 9.17) is 5.11 Å². The van der Waals surface area contributed by atoms with E-state index in [-0.39, 0.29) is 0 Å². The topological polar surface area (TPSA) is 20.2 Å². The zero-order chi connectivity index (χ0) is 8.10. The lowest BCUT2D eigenvalue weighted by Gasteiger charge is -2.21. The molecule has 0 amide bonds.